The van der Waals surface area contributed by atoms with E-state index in [-0.39, 0.29) is 35.8 Å². The molecule has 2 aliphatic carbocycles. The van der Waals surface area contributed by atoms with Gasteiger partial charge in [-0.25, -0.2) is 0 Å². The number of carbonyl (C=O) groups excluding carboxylic acids is 1. The van der Waals surface area contributed by atoms with Crippen LogP contribution in [-0.4, -0.2) is 16.5 Å². The maximum absolute atomic E-state index is 12.6. The molecule has 23 heavy (non-hydrogen) atoms. The second kappa shape index (κ2) is 7.05. The van der Waals surface area contributed by atoms with Crippen LogP contribution >= 0.6 is 12.4 Å². The van der Waals surface area contributed by atoms with Gasteiger partial charge in [-0.3, -0.25) is 9.59 Å². The molecule has 6 heteroatoms. The maximum Gasteiger partial charge on any atom is 0.274 e. The lowest BCUT2D eigenvalue weighted by Crippen LogP contribution is -2.48. The summed E-state index contributed by atoms with van der Waals surface area (Å²) in [4.78, 5) is 24.7. The number of nitrogens with two attached hydrogens (primary N) is 1. The summed E-state index contributed by atoms with van der Waals surface area (Å²) in [5.74, 6) is 0.888. The molecule has 5 nitrogen and oxygen atoms in total. The molecular weight excluding hydrogens is 314 g/mol. The Hall–Kier alpha value is -1.33. The first-order valence-corrected chi connectivity index (χ1v) is 8.19. The van der Waals surface area contributed by atoms with Gasteiger partial charge in [0.2, 0.25) is 5.91 Å². The number of nitrogens with zero attached hydrogens (tertiary/aromatic N) is 1. The van der Waals surface area contributed by atoms with Crippen LogP contribution in [-0.2, 0) is 11.8 Å². The summed E-state index contributed by atoms with van der Waals surface area (Å²) in [5, 5.41) is 2.85. The Labute approximate surface area is 143 Å². The average molecular weight is 340 g/mol. The molecule has 0 aliphatic heterocycles. The number of fused-ring (bicyclic) bond motifs is 2. The zero-order valence-electron chi connectivity index (χ0n) is 13.7. The van der Waals surface area contributed by atoms with Crippen molar-refractivity contribution in [1.29, 1.82) is 0 Å². The van der Waals surface area contributed by atoms with Gasteiger partial charge in [0, 0.05) is 25.2 Å². The molecule has 2 bridgehead atoms. The SMILES string of the molecule is Cc1cc(NC(=O)C2CC3CCCC(C2)C3N)c(=O)n(C)c1.Cl. The molecule has 3 rings (SSSR count). The molecule has 1 heterocycles. The van der Waals surface area contributed by atoms with Crippen molar-refractivity contribution in [2.45, 2.75) is 45.1 Å². The highest BCUT2D eigenvalue weighted by Crippen LogP contribution is 2.42. The third-order valence-corrected chi connectivity index (χ3v) is 5.36. The number of rotatable bonds is 2. The molecule has 0 spiro atoms. The second-order valence-electron chi connectivity index (χ2n) is 7.03. The summed E-state index contributed by atoms with van der Waals surface area (Å²) in [6.45, 7) is 1.92. The minimum Gasteiger partial charge on any atom is -0.327 e. The topological polar surface area (TPSA) is 77.1 Å². The van der Waals surface area contributed by atoms with E-state index >= 15 is 0 Å². The Morgan fingerprint density at radius 1 is 1.30 bits per heavy atom. The molecular formula is C17H26ClN3O2. The van der Waals surface area contributed by atoms with Gasteiger partial charge in [-0.15, -0.1) is 12.4 Å². The van der Waals surface area contributed by atoms with Crippen LogP contribution in [0.25, 0.3) is 0 Å². The Kier molecular flexibility index (Phi) is 5.53. The second-order valence-corrected chi connectivity index (χ2v) is 7.03. The lowest BCUT2D eigenvalue weighted by Gasteiger charge is -2.43. The number of aryl methyl sites for hydroxylation is 2. The molecule has 3 N–H and O–H groups in total. The molecule has 2 fully saturated rings. The molecule has 2 atom stereocenters. The van der Waals surface area contributed by atoms with E-state index in [0.717, 1.165) is 31.2 Å². The van der Waals surface area contributed by atoms with Crippen LogP contribution in [0.2, 0.25) is 0 Å². The standard InChI is InChI=1S/C17H25N3O2.ClH/c1-10-6-14(17(22)20(2)9-10)19-16(21)13-7-11-4-3-5-12(8-13)15(11)18;/h6,9,11-13,15H,3-5,7-8,18H2,1-2H3,(H,19,21);1H. The predicted octanol–water partition coefficient (Wildman–Crippen LogP) is 2.21. The Morgan fingerprint density at radius 2 is 1.91 bits per heavy atom. The minimum atomic E-state index is -0.161. The molecule has 0 aromatic carbocycles. The molecule has 2 unspecified atom stereocenters. The summed E-state index contributed by atoms with van der Waals surface area (Å²) in [5.41, 5.74) is 7.46. The normalized spacial score (nSPS) is 29.5. The van der Waals surface area contributed by atoms with Gasteiger partial charge in [-0.2, -0.15) is 0 Å². The molecule has 1 aromatic heterocycles. The number of aromatic nitrogens is 1. The third kappa shape index (κ3) is 3.61. The number of carbonyl (C=O) groups is 1. The number of amides is 1. The van der Waals surface area contributed by atoms with Crippen molar-refractivity contribution in [2.75, 3.05) is 5.32 Å². The zero-order valence-corrected chi connectivity index (χ0v) is 14.6. The molecule has 2 aliphatic rings. The van der Waals surface area contributed by atoms with Crippen LogP contribution in [0, 0.1) is 24.7 Å². The highest BCUT2D eigenvalue weighted by atomic mass is 35.5. The van der Waals surface area contributed by atoms with E-state index < -0.39 is 0 Å². The van der Waals surface area contributed by atoms with Gasteiger partial charge < -0.3 is 15.6 Å². The lowest BCUT2D eigenvalue weighted by molar-refractivity contribution is -0.122. The molecule has 2 saturated carbocycles. The first-order chi connectivity index (χ1) is 10.5. The van der Waals surface area contributed by atoms with Gasteiger partial charge in [0.1, 0.15) is 5.69 Å². The van der Waals surface area contributed by atoms with Crippen LogP contribution < -0.4 is 16.6 Å². The summed E-state index contributed by atoms with van der Waals surface area (Å²) in [6.07, 6.45) is 6.98. The largest absolute Gasteiger partial charge is 0.327 e. The van der Waals surface area contributed by atoms with Gasteiger partial charge >= 0.3 is 0 Å². The lowest BCUT2D eigenvalue weighted by atomic mass is 9.65. The molecule has 1 aromatic rings. The number of halogens is 1. The Balaban J connectivity index is 0.00000192. The number of anilines is 1. The first-order valence-electron chi connectivity index (χ1n) is 8.19. The van der Waals surface area contributed by atoms with E-state index in [2.05, 4.69) is 5.32 Å². The average Bonchev–Trinajstić information content (AvgIpc) is 2.43. The van der Waals surface area contributed by atoms with Crippen molar-refractivity contribution in [3.63, 3.8) is 0 Å². The number of hydrogen-bond acceptors (Lipinski definition) is 3. The molecule has 0 saturated heterocycles. The van der Waals surface area contributed by atoms with Crippen molar-refractivity contribution >= 4 is 24.0 Å². The van der Waals surface area contributed by atoms with Gasteiger partial charge in [-0.05, 0) is 56.1 Å². The van der Waals surface area contributed by atoms with E-state index in [9.17, 15) is 9.59 Å². The van der Waals surface area contributed by atoms with E-state index in [1.807, 2.05) is 6.92 Å². The highest BCUT2D eigenvalue weighted by molar-refractivity contribution is 5.92. The Bertz CT molecular complexity index is 629. The van der Waals surface area contributed by atoms with E-state index in [1.165, 1.54) is 11.0 Å². The monoisotopic (exact) mass is 339 g/mol. The van der Waals surface area contributed by atoms with Crippen molar-refractivity contribution in [2.24, 2.45) is 30.5 Å². The van der Waals surface area contributed by atoms with Gasteiger partial charge in [0.15, 0.2) is 0 Å². The van der Waals surface area contributed by atoms with E-state index in [1.54, 1.807) is 19.3 Å². The van der Waals surface area contributed by atoms with Crippen LogP contribution in [0.1, 0.15) is 37.7 Å². The number of pyridine rings is 1. The quantitative estimate of drug-likeness (QED) is 0.867. The van der Waals surface area contributed by atoms with Gasteiger partial charge in [0.25, 0.3) is 5.56 Å². The van der Waals surface area contributed by atoms with Crippen molar-refractivity contribution < 1.29 is 4.79 Å². The molecule has 1 amide bonds. The van der Waals surface area contributed by atoms with Crippen molar-refractivity contribution in [3.05, 3.63) is 28.2 Å². The third-order valence-electron chi connectivity index (χ3n) is 5.36. The summed E-state index contributed by atoms with van der Waals surface area (Å²) < 4.78 is 1.51. The smallest absolute Gasteiger partial charge is 0.274 e. The fourth-order valence-corrected chi connectivity index (χ4v) is 4.21. The van der Waals surface area contributed by atoms with Crippen LogP contribution in [0.15, 0.2) is 17.1 Å². The minimum absolute atomic E-state index is 0. The predicted molar refractivity (Wildman–Crippen MR) is 93.8 cm³/mol. The summed E-state index contributed by atoms with van der Waals surface area (Å²) in [7, 11) is 1.70. The maximum atomic E-state index is 12.6. The van der Waals surface area contributed by atoms with Crippen molar-refractivity contribution in [1.82, 2.24) is 4.57 Å². The number of nitrogens with one attached hydrogen (secondary N) is 1. The van der Waals surface area contributed by atoms with E-state index in [4.69, 9.17) is 5.73 Å². The fourth-order valence-electron chi connectivity index (χ4n) is 4.21. The summed E-state index contributed by atoms with van der Waals surface area (Å²) >= 11 is 0. The summed E-state index contributed by atoms with van der Waals surface area (Å²) in [6, 6.07) is 2.00. The van der Waals surface area contributed by atoms with Crippen molar-refractivity contribution in [3.8, 4) is 0 Å². The Morgan fingerprint density at radius 3 is 2.52 bits per heavy atom. The first kappa shape index (κ1) is 18.0. The highest BCUT2D eigenvalue weighted by Gasteiger charge is 2.40. The molecule has 0 radical (unpaired) electrons. The zero-order chi connectivity index (χ0) is 15.9. The molecule has 128 valence electrons. The number of hydrogen-bond donors (Lipinski definition) is 2. The van der Waals surface area contributed by atoms with Crippen LogP contribution in [0.3, 0.4) is 0 Å². The van der Waals surface area contributed by atoms with Crippen LogP contribution in [0.4, 0.5) is 5.69 Å². The van der Waals surface area contributed by atoms with E-state index in [0.29, 0.717) is 17.5 Å². The van der Waals surface area contributed by atoms with Gasteiger partial charge in [-0.1, -0.05) is 6.42 Å². The fraction of sp³-hybridized carbons (Fsp3) is 0.647. The van der Waals surface area contributed by atoms with Crippen LogP contribution in [0.5, 0.6) is 0 Å². The van der Waals surface area contributed by atoms with Gasteiger partial charge in [0.05, 0.1) is 0 Å².